The van der Waals surface area contributed by atoms with Crippen LogP contribution in [0.3, 0.4) is 0 Å². The first kappa shape index (κ1) is 17.7. The molecule has 134 valence electrons. The summed E-state index contributed by atoms with van der Waals surface area (Å²) in [5.41, 5.74) is -0.108. The predicted octanol–water partition coefficient (Wildman–Crippen LogP) is 1.11. The number of piperidine rings is 2. The van der Waals surface area contributed by atoms with E-state index < -0.39 is 0 Å². The van der Waals surface area contributed by atoms with Gasteiger partial charge in [-0.2, -0.15) is 0 Å². The van der Waals surface area contributed by atoms with Gasteiger partial charge in [0, 0.05) is 37.5 Å². The fourth-order valence-corrected chi connectivity index (χ4v) is 4.69. The van der Waals surface area contributed by atoms with Crippen LogP contribution in [0.1, 0.15) is 39.0 Å². The molecule has 0 unspecified atom stereocenters. The Balaban J connectivity index is 1.50. The number of terminal acetylenes is 1. The average Bonchev–Trinajstić information content (AvgIpc) is 2.62. The first-order valence-corrected chi connectivity index (χ1v) is 9.35. The molecule has 1 saturated carbocycles. The molecule has 0 aromatic rings. The number of aliphatic hydroxyl groups is 1. The zero-order valence-electron chi connectivity index (χ0n) is 14.7. The Morgan fingerprint density at radius 1 is 1.29 bits per heavy atom. The quantitative estimate of drug-likeness (QED) is 0.783. The van der Waals surface area contributed by atoms with E-state index in [1.807, 2.05) is 11.8 Å². The lowest BCUT2D eigenvalue weighted by Gasteiger charge is -2.56. The van der Waals surface area contributed by atoms with E-state index >= 15 is 0 Å². The topological polar surface area (TPSA) is 53.0 Å². The summed E-state index contributed by atoms with van der Waals surface area (Å²) in [6.45, 7) is 6.73. The molecule has 0 aromatic heterocycles. The van der Waals surface area contributed by atoms with Gasteiger partial charge in [0.15, 0.2) is 0 Å². The number of amides is 1. The third-order valence-corrected chi connectivity index (χ3v) is 6.37. The molecule has 1 amide bonds. The molecule has 5 nitrogen and oxygen atoms in total. The Morgan fingerprint density at radius 3 is 2.50 bits per heavy atom. The maximum atomic E-state index is 12.8. The number of nitrogens with zero attached hydrogens (tertiary/aromatic N) is 2. The summed E-state index contributed by atoms with van der Waals surface area (Å²) in [7, 11) is 0. The van der Waals surface area contributed by atoms with Gasteiger partial charge in [0.1, 0.15) is 0 Å². The van der Waals surface area contributed by atoms with Gasteiger partial charge in [-0.15, -0.1) is 6.42 Å². The molecule has 2 heterocycles. The maximum absolute atomic E-state index is 12.8. The highest BCUT2D eigenvalue weighted by molar-refractivity contribution is 5.79. The molecule has 3 aliphatic rings. The second-order valence-corrected chi connectivity index (χ2v) is 7.51. The highest BCUT2D eigenvalue weighted by atomic mass is 16.5. The molecule has 3 fully saturated rings. The van der Waals surface area contributed by atoms with Gasteiger partial charge < -0.3 is 14.7 Å². The number of carbonyl (C=O) groups is 1. The number of ether oxygens (including phenoxy) is 1. The minimum Gasteiger partial charge on any atom is -0.392 e. The highest BCUT2D eigenvalue weighted by Gasteiger charge is 2.56. The number of aliphatic hydroxyl groups excluding tert-OH is 1. The van der Waals surface area contributed by atoms with Crippen LogP contribution in [-0.2, 0) is 9.53 Å². The van der Waals surface area contributed by atoms with Gasteiger partial charge in [-0.25, -0.2) is 0 Å². The van der Waals surface area contributed by atoms with Gasteiger partial charge >= 0.3 is 0 Å². The van der Waals surface area contributed by atoms with Gasteiger partial charge in [-0.1, -0.05) is 5.92 Å². The normalized spacial score (nSPS) is 30.8. The second-order valence-electron chi connectivity index (χ2n) is 7.51. The molecule has 3 rings (SSSR count). The summed E-state index contributed by atoms with van der Waals surface area (Å²) < 4.78 is 5.80. The van der Waals surface area contributed by atoms with Crippen LogP contribution in [0.15, 0.2) is 0 Å². The van der Waals surface area contributed by atoms with Gasteiger partial charge in [0.2, 0.25) is 5.91 Å². The van der Waals surface area contributed by atoms with Crippen LogP contribution in [0.5, 0.6) is 0 Å². The van der Waals surface area contributed by atoms with E-state index in [2.05, 4.69) is 10.8 Å². The number of hydrogen-bond acceptors (Lipinski definition) is 4. The summed E-state index contributed by atoms with van der Waals surface area (Å²) >= 11 is 0. The van der Waals surface area contributed by atoms with Crippen molar-refractivity contribution in [3.63, 3.8) is 0 Å². The molecule has 5 heteroatoms. The van der Waals surface area contributed by atoms with Gasteiger partial charge in [-0.05, 0) is 45.7 Å². The van der Waals surface area contributed by atoms with Crippen molar-refractivity contribution in [3.8, 4) is 12.3 Å². The molecule has 2 atom stereocenters. The smallest absolute Gasteiger partial charge is 0.225 e. The lowest BCUT2D eigenvalue weighted by Crippen LogP contribution is -2.63. The lowest BCUT2D eigenvalue weighted by molar-refractivity contribution is -0.210. The zero-order chi connectivity index (χ0) is 17.2. The Bertz CT molecular complexity index is 483. The SMILES string of the molecule is C#CCN1CCC(C(=O)N2CCC3(CC2)[C@H](O)C[C@@H]3OCC)CC1. The van der Waals surface area contributed by atoms with Gasteiger partial charge in [0.25, 0.3) is 0 Å². The molecule has 0 radical (unpaired) electrons. The number of hydrogen-bond donors (Lipinski definition) is 1. The summed E-state index contributed by atoms with van der Waals surface area (Å²) in [6, 6.07) is 0. The van der Waals surface area contributed by atoms with Crippen molar-refractivity contribution in [3.05, 3.63) is 0 Å². The van der Waals surface area contributed by atoms with E-state index in [0.29, 0.717) is 19.1 Å². The molecule has 2 aliphatic heterocycles. The molecule has 0 bridgehead atoms. The highest BCUT2D eigenvalue weighted by Crippen LogP contribution is 2.51. The molecule has 1 N–H and O–H groups in total. The minimum absolute atomic E-state index is 0.108. The van der Waals surface area contributed by atoms with E-state index in [4.69, 9.17) is 11.2 Å². The van der Waals surface area contributed by atoms with E-state index in [1.54, 1.807) is 0 Å². The zero-order valence-corrected chi connectivity index (χ0v) is 14.7. The Hall–Kier alpha value is -1.09. The van der Waals surface area contributed by atoms with Crippen molar-refractivity contribution in [2.75, 3.05) is 39.3 Å². The molecule has 24 heavy (non-hydrogen) atoms. The summed E-state index contributed by atoms with van der Waals surface area (Å²) in [5, 5.41) is 10.3. The number of carbonyl (C=O) groups excluding carboxylic acids is 1. The lowest BCUT2D eigenvalue weighted by atomic mass is 9.58. The fraction of sp³-hybridized carbons (Fsp3) is 0.842. The Morgan fingerprint density at radius 2 is 1.96 bits per heavy atom. The van der Waals surface area contributed by atoms with Crippen LogP contribution in [0, 0.1) is 23.7 Å². The Labute approximate surface area is 145 Å². The van der Waals surface area contributed by atoms with Gasteiger partial charge in [0.05, 0.1) is 18.8 Å². The van der Waals surface area contributed by atoms with Crippen LogP contribution >= 0.6 is 0 Å². The molecule has 1 aliphatic carbocycles. The first-order valence-electron chi connectivity index (χ1n) is 9.35. The van der Waals surface area contributed by atoms with E-state index in [1.165, 1.54) is 0 Å². The minimum atomic E-state index is -0.265. The van der Waals surface area contributed by atoms with Crippen molar-refractivity contribution < 1.29 is 14.6 Å². The summed E-state index contributed by atoms with van der Waals surface area (Å²) in [4.78, 5) is 17.1. The standard InChI is InChI=1S/C19H30N2O3/c1-3-9-20-10-5-15(6-11-20)18(23)21-12-7-19(8-13-21)16(22)14-17(19)24-4-2/h1,15-17,22H,4-14H2,2H3/t16-,17+/m1/s1. The van der Waals surface area contributed by atoms with Crippen LogP contribution in [0.25, 0.3) is 0 Å². The molecular formula is C19H30N2O3. The summed E-state index contributed by atoms with van der Waals surface area (Å²) in [6.07, 6.45) is 9.55. The van der Waals surface area contributed by atoms with E-state index in [9.17, 15) is 9.90 Å². The van der Waals surface area contributed by atoms with Crippen molar-refractivity contribution in [2.45, 2.75) is 51.2 Å². The molecular weight excluding hydrogens is 304 g/mol. The van der Waals surface area contributed by atoms with Crippen LogP contribution < -0.4 is 0 Å². The third-order valence-electron chi connectivity index (χ3n) is 6.37. The first-order chi connectivity index (χ1) is 11.6. The predicted molar refractivity (Wildman–Crippen MR) is 92.3 cm³/mol. The van der Waals surface area contributed by atoms with E-state index in [0.717, 1.165) is 58.3 Å². The second kappa shape index (κ2) is 7.43. The number of likely N-dealkylation sites (tertiary alicyclic amines) is 2. The van der Waals surface area contributed by atoms with Crippen molar-refractivity contribution in [2.24, 2.45) is 11.3 Å². The molecule has 2 saturated heterocycles. The molecule has 1 spiro atoms. The van der Waals surface area contributed by atoms with Gasteiger partial charge in [-0.3, -0.25) is 9.69 Å². The average molecular weight is 334 g/mol. The van der Waals surface area contributed by atoms with E-state index in [-0.39, 0.29) is 23.5 Å². The van der Waals surface area contributed by atoms with Crippen molar-refractivity contribution in [1.82, 2.24) is 9.80 Å². The maximum Gasteiger partial charge on any atom is 0.225 e. The molecule has 0 aromatic carbocycles. The van der Waals surface area contributed by atoms with Crippen LogP contribution in [0.4, 0.5) is 0 Å². The van der Waals surface area contributed by atoms with Crippen molar-refractivity contribution in [1.29, 1.82) is 0 Å². The summed E-state index contributed by atoms with van der Waals surface area (Å²) in [5.74, 6) is 3.12. The fourth-order valence-electron chi connectivity index (χ4n) is 4.69. The Kier molecular flexibility index (Phi) is 5.49. The number of rotatable bonds is 4. The largest absolute Gasteiger partial charge is 0.392 e. The monoisotopic (exact) mass is 334 g/mol. The van der Waals surface area contributed by atoms with Crippen molar-refractivity contribution >= 4 is 5.91 Å². The van der Waals surface area contributed by atoms with Crippen LogP contribution in [0.2, 0.25) is 0 Å². The third kappa shape index (κ3) is 3.20. The van der Waals surface area contributed by atoms with Crippen LogP contribution in [-0.4, -0.2) is 72.4 Å².